The van der Waals surface area contributed by atoms with Gasteiger partial charge in [0, 0.05) is 25.3 Å². The van der Waals surface area contributed by atoms with E-state index in [0.29, 0.717) is 15.7 Å². The number of anilines is 1. The monoisotopic (exact) mass is 451 g/mol. The molecule has 0 aliphatic rings. The SMILES string of the molecule is O=C(Nc1ccc(S(=O)(=O)Cl)cc1)c1ccc(Br)cc1Br. The number of benzene rings is 2. The maximum atomic E-state index is 12.1. The molecule has 4 nitrogen and oxygen atoms in total. The van der Waals surface area contributed by atoms with Gasteiger partial charge < -0.3 is 5.32 Å². The largest absolute Gasteiger partial charge is 0.322 e. The molecule has 0 atom stereocenters. The zero-order valence-corrected chi connectivity index (χ0v) is 15.1. The molecule has 0 unspecified atom stereocenters. The summed E-state index contributed by atoms with van der Waals surface area (Å²) in [5.41, 5.74) is 0.936. The van der Waals surface area contributed by atoms with Crippen LogP contribution in [0.15, 0.2) is 56.3 Å². The first-order chi connectivity index (χ1) is 9.77. The van der Waals surface area contributed by atoms with Gasteiger partial charge in [0.1, 0.15) is 0 Å². The van der Waals surface area contributed by atoms with Crippen LogP contribution in [-0.2, 0) is 9.05 Å². The smallest absolute Gasteiger partial charge is 0.261 e. The summed E-state index contributed by atoms with van der Waals surface area (Å²) in [5.74, 6) is -0.309. The van der Waals surface area contributed by atoms with Crippen LogP contribution in [0.3, 0.4) is 0 Å². The molecule has 1 N–H and O–H groups in total. The van der Waals surface area contributed by atoms with Crippen LogP contribution in [0.1, 0.15) is 10.4 Å². The summed E-state index contributed by atoms with van der Waals surface area (Å²) in [6.07, 6.45) is 0. The third-order valence-electron chi connectivity index (χ3n) is 2.57. The lowest BCUT2D eigenvalue weighted by Crippen LogP contribution is -2.12. The van der Waals surface area contributed by atoms with E-state index in [1.54, 1.807) is 18.2 Å². The molecule has 2 rings (SSSR count). The average Bonchev–Trinajstić information content (AvgIpc) is 2.38. The molecule has 2 aromatic carbocycles. The molecule has 2 aromatic rings. The van der Waals surface area contributed by atoms with Crippen molar-refractivity contribution in [2.24, 2.45) is 0 Å². The Labute approximate surface area is 143 Å². The molecule has 0 saturated carbocycles. The Morgan fingerprint density at radius 1 is 1.05 bits per heavy atom. The van der Waals surface area contributed by atoms with Crippen molar-refractivity contribution in [2.75, 3.05) is 5.32 Å². The molecule has 0 aliphatic carbocycles. The number of rotatable bonds is 3. The van der Waals surface area contributed by atoms with Gasteiger partial charge >= 0.3 is 0 Å². The molecule has 0 heterocycles. The van der Waals surface area contributed by atoms with Gasteiger partial charge in [-0.15, -0.1) is 0 Å². The predicted octanol–water partition coefficient (Wildman–Crippen LogP) is 4.39. The summed E-state index contributed by atoms with van der Waals surface area (Å²) in [5, 5.41) is 2.68. The van der Waals surface area contributed by atoms with Crippen LogP contribution in [0, 0.1) is 0 Å². The third-order valence-corrected chi connectivity index (χ3v) is 5.09. The number of halogens is 3. The van der Waals surface area contributed by atoms with Gasteiger partial charge in [0.15, 0.2) is 0 Å². The van der Waals surface area contributed by atoms with Crippen molar-refractivity contribution in [3.63, 3.8) is 0 Å². The topological polar surface area (TPSA) is 63.2 Å². The highest BCUT2D eigenvalue weighted by molar-refractivity contribution is 9.11. The Morgan fingerprint density at radius 3 is 2.19 bits per heavy atom. The first kappa shape index (κ1) is 16.5. The Balaban J connectivity index is 2.20. The van der Waals surface area contributed by atoms with Crippen LogP contribution < -0.4 is 5.32 Å². The van der Waals surface area contributed by atoms with Crippen molar-refractivity contribution in [3.05, 3.63) is 57.0 Å². The van der Waals surface area contributed by atoms with E-state index in [1.165, 1.54) is 24.3 Å². The highest BCUT2D eigenvalue weighted by atomic mass is 79.9. The average molecular weight is 454 g/mol. The molecule has 0 spiro atoms. The lowest BCUT2D eigenvalue weighted by Gasteiger charge is -2.07. The maximum absolute atomic E-state index is 12.1. The minimum atomic E-state index is -3.76. The van der Waals surface area contributed by atoms with Crippen LogP contribution in [0.5, 0.6) is 0 Å². The van der Waals surface area contributed by atoms with Crippen LogP contribution >= 0.6 is 42.5 Å². The minimum Gasteiger partial charge on any atom is -0.322 e. The molecule has 110 valence electrons. The summed E-state index contributed by atoms with van der Waals surface area (Å²) in [6, 6.07) is 10.8. The number of carbonyl (C=O) groups excluding carboxylic acids is 1. The second-order valence-electron chi connectivity index (χ2n) is 4.04. The van der Waals surface area contributed by atoms with E-state index < -0.39 is 9.05 Å². The minimum absolute atomic E-state index is 0.0213. The van der Waals surface area contributed by atoms with Crippen LogP contribution in [0.2, 0.25) is 0 Å². The number of carbonyl (C=O) groups is 1. The first-order valence-corrected chi connectivity index (χ1v) is 9.48. The van der Waals surface area contributed by atoms with Gasteiger partial charge in [0.05, 0.1) is 10.5 Å². The number of amides is 1. The summed E-state index contributed by atoms with van der Waals surface area (Å²) in [7, 11) is 1.46. The van der Waals surface area contributed by atoms with E-state index in [-0.39, 0.29) is 10.8 Å². The molecule has 0 aliphatic heterocycles. The van der Waals surface area contributed by atoms with Gasteiger partial charge in [-0.1, -0.05) is 15.9 Å². The summed E-state index contributed by atoms with van der Waals surface area (Å²) < 4.78 is 23.8. The van der Waals surface area contributed by atoms with Gasteiger partial charge in [-0.3, -0.25) is 4.79 Å². The van der Waals surface area contributed by atoms with Crippen molar-refractivity contribution in [2.45, 2.75) is 4.90 Å². The van der Waals surface area contributed by atoms with Gasteiger partial charge in [-0.05, 0) is 58.4 Å². The van der Waals surface area contributed by atoms with E-state index in [0.717, 1.165) is 4.47 Å². The Kier molecular flexibility index (Phi) is 5.08. The van der Waals surface area contributed by atoms with Crippen LogP contribution in [0.25, 0.3) is 0 Å². The van der Waals surface area contributed by atoms with E-state index in [1.807, 2.05) is 0 Å². The van der Waals surface area contributed by atoms with Gasteiger partial charge in [0.2, 0.25) is 0 Å². The molecular weight excluding hydrogens is 445 g/mol. The van der Waals surface area contributed by atoms with Crippen LogP contribution in [-0.4, -0.2) is 14.3 Å². The van der Waals surface area contributed by atoms with Gasteiger partial charge in [-0.25, -0.2) is 8.42 Å². The molecule has 8 heteroatoms. The fourth-order valence-corrected chi connectivity index (χ4v) is 3.57. The predicted molar refractivity (Wildman–Crippen MR) is 89.3 cm³/mol. The maximum Gasteiger partial charge on any atom is 0.261 e. The van der Waals surface area contributed by atoms with Crippen molar-refractivity contribution in [3.8, 4) is 0 Å². The van der Waals surface area contributed by atoms with Crippen molar-refractivity contribution in [1.29, 1.82) is 0 Å². The lowest BCUT2D eigenvalue weighted by molar-refractivity contribution is 0.102. The Hall–Kier alpha value is -0.890. The summed E-state index contributed by atoms with van der Waals surface area (Å²) >= 11 is 6.62. The van der Waals surface area contributed by atoms with E-state index in [4.69, 9.17) is 10.7 Å². The number of hydrogen-bond donors (Lipinski definition) is 1. The van der Waals surface area contributed by atoms with Gasteiger partial charge in [0.25, 0.3) is 15.0 Å². The summed E-state index contributed by atoms with van der Waals surface area (Å²) in [6.45, 7) is 0. The van der Waals surface area contributed by atoms with E-state index in [2.05, 4.69) is 37.2 Å². The lowest BCUT2D eigenvalue weighted by atomic mass is 10.2. The zero-order valence-electron chi connectivity index (χ0n) is 10.3. The highest BCUT2D eigenvalue weighted by Crippen LogP contribution is 2.23. The molecular formula is C13H8Br2ClNO3S. The molecule has 21 heavy (non-hydrogen) atoms. The zero-order chi connectivity index (χ0) is 15.6. The molecule has 0 aromatic heterocycles. The van der Waals surface area contributed by atoms with Crippen molar-refractivity contribution < 1.29 is 13.2 Å². The number of hydrogen-bond acceptors (Lipinski definition) is 3. The normalized spacial score (nSPS) is 11.2. The first-order valence-electron chi connectivity index (χ1n) is 5.58. The second kappa shape index (κ2) is 6.48. The standard InChI is InChI=1S/C13H8Br2ClNO3S/c14-8-1-6-11(12(15)7-8)13(18)17-9-2-4-10(5-3-9)21(16,19)20/h1-7H,(H,17,18). The van der Waals surface area contributed by atoms with Crippen molar-refractivity contribution >= 4 is 63.2 Å². The molecule has 0 saturated heterocycles. The van der Waals surface area contributed by atoms with E-state index in [9.17, 15) is 13.2 Å². The molecule has 0 bridgehead atoms. The number of nitrogens with one attached hydrogen (secondary N) is 1. The van der Waals surface area contributed by atoms with Gasteiger partial charge in [-0.2, -0.15) is 0 Å². The van der Waals surface area contributed by atoms with E-state index >= 15 is 0 Å². The molecule has 0 fully saturated rings. The second-order valence-corrected chi connectivity index (χ2v) is 8.38. The quantitative estimate of drug-likeness (QED) is 0.701. The fraction of sp³-hybridized carbons (Fsp3) is 0. The Bertz CT molecular complexity index is 792. The highest BCUT2D eigenvalue weighted by Gasteiger charge is 2.12. The van der Waals surface area contributed by atoms with Crippen LogP contribution in [0.4, 0.5) is 5.69 Å². The molecule has 1 amide bonds. The summed E-state index contributed by atoms with van der Waals surface area (Å²) in [4.78, 5) is 12.1. The molecule has 0 radical (unpaired) electrons. The van der Waals surface area contributed by atoms with Crippen molar-refractivity contribution in [1.82, 2.24) is 0 Å². The Morgan fingerprint density at radius 2 is 1.67 bits per heavy atom. The third kappa shape index (κ3) is 4.29. The fourth-order valence-electron chi connectivity index (χ4n) is 1.57.